The number of nitrogens with zero attached hydrogens (tertiary/aromatic N) is 1. The van der Waals surface area contributed by atoms with Gasteiger partial charge in [0, 0.05) is 17.4 Å². The van der Waals surface area contributed by atoms with Gasteiger partial charge in [-0.2, -0.15) is 0 Å². The summed E-state index contributed by atoms with van der Waals surface area (Å²) >= 11 is 5.88. The van der Waals surface area contributed by atoms with Crippen LogP contribution in [0.2, 0.25) is 5.02 Å². The summed E-state index contributed by atoms with van der Waals surface area (Å²) < 4.78 is 10.3. The molecular formula is C19H22ClN3O4. The number of oxazole rings is 1. The fourth-order valence-corrected chi connectivity index (χ4v) is 3.20. The molecule has 1 unspecified atom stereocenters. The fourth-order valence-electron chi connectivity index (χ4n) is 3.07. The van der Waals surface area contributed by atoms with Gasteiger partial charge >= 0.3 is 5.97 Å². The van der Waals surface area contributed by atoms with Gasteiger partial charge in [0.05, 0.1) is 7.11 Å². The number of rotatable bonds is 6. The topological polar surface area (TPSA) is 93.5 Å². The number of piperidine rings is 1. The Labute approximate surface area is 162 Å². The molecule has 7 nitrogen and oxygen atoms in total. The SMILES string of the molecule is COC(=O)C(Cc1ccc(Cl)cc1)NC(=O)c1coc(C2CCNCC2)n1. The van der Waals surface area contributed by atoms with Crippen molar-refractivity contribution >= 4 is 23.5 Å². The molecule has 3 rings (SSSR count). The predicted octanol–water partition coefficient (Wildman–Crippen LogP) is 2.31. The number of amides is 1. The highest BCUT2D eigenvalue weighted by atomic mass is 35.5. The van der Waals surface area contributed by atoms with Gasteiger partial charge in [0.1, 0.15) is 12.3 Å². The molecule has 1 atom stereocenters. The number of benzene rings is 1. The molecule has 2 aromatic rings. The van der Waals surface area contributed by atoms with Crippen LogP contribution in [0.4, 0.5) is 0 Å². The summed E-state index contributed by atoms with van der Waals surface area (Å²) in [5, 5.41) is 6.56. The highest BCUT2D eigenvalue weighted by Crippen LogP contribution is 2.24. The van der Waals surface area contributed by atoms with Crippen LogP contribution >= 0.6 is 11.6 Å². The van der Waals surface area contributed by atoms with Crippen molar-refractivity contribution in [2.45, 2.75) is 31.2 Å². The number of esters is 1. The molecule has 1 aromatic carbocycles. The van der Waals surface area contributed by atoms with Crippen LogP contribution in [0.1, 0.15) is 40.7 Å². The van der Waals surface area contributed by atoms with Crippen LogP contribution in [0.3, 0.4) is 0 Å². The van der Waals surface area contributed by atoms with Gasteiger partial charge in [-0.3, -0.25) is 4.79 Å². The van der Waals surface area contributed by atoms with Gasteiger partial charge < -0.3 is 19.8 Å². The van der Waals surface area contributed by atoms with E-state index in [1.54, 1.807) is 24.3 Å². The molecule has 27 heavy (non-hydrogen) atoms. The molecule has 2 heterocycles. The van der Waals surface area contributed by atoms with E-state index in [1.807, 2.05) is 0 Å². The Morgan fingerprint density at radius 3 is 2.70 bits per heavy atom. The Bertz CT molecular complexity index is 785. The summed E-state index contributed by atoms with van der Waals surface area (Å²) in [7, 11) is 1.29. The molecule has 0 bridgehead atoms. The lowest BCUT2D eigenvalue weighted by atomic mass is 9.98. The van der Waals surface area contributed by atoms with E-state index in [1.165, 1.54) is 13.4 Å². The van der Waals surface area contributed by atoms with Crippen LogP contribution in [0.5, 0.6) is 0 Å². The van der Waals surface area contributed by atoms with E-state index in [0.717, 1.165) is 31.5 Å². The Kier molecular flexibility index (Phi) is 6.47. The summed E-state index contributed by atoms with van der Waals surface area (Å²) in [5.41, 5.74) is 1.01. The minimum atomic E-state index is -0.831. The minimum Gasteiger partial charge on any atom is -0.467 e. The lowest BCUT2D eigenvalue weighted by molar-refractivity contribution is -0.142. The maximum absolute atomic E-state index is 12.5. The molecule has 1 fully saturated rings. The number of nitrogens with one attached hydrogen (secondary N) is 2. The van der Waals surface area contributed by atoms with E-state index in [0.29, 0.717) is 10.9 Å². The lowest BCUT2D eigenvalue weighted by Crippen LogP contribution is -2.43. The van der Waals surface area contributed by atoms with Crippen molar-refractivity contribution in [1.82, 2.24) is 15.6 Å². The van der Waals surface area contributed by atoms with Crippen LogP contribution in [-0.4, -0.2) is 43.1 Å². The van der Waals surface area contributed by atoms with Gasteiger partial charge in [-0.1, -0.05) is 23.7 Å². The number of carbonyl (C=O) groups is 2. The monoisotopic (exact) mass is 391 g/mol. The summed E-state index contributed by atoms with van der Waals surface area (Å²) in [6, 6.07) is 6.24. The molecule has 1 amide bonds. The second-order valence-electron chi connectivity index (χ2n) is 6.48. The van der Waals surface area contributed by atoms with Crippen molar-refractivity contribution in [3.05, 3.63) is 52.7 Å². The highest BCUT2D eigenvalue weighted by Gasteiger charge is 2.26. The molecule has 144 valence electrons. The summed E-state index contributed by atoms with van der Waals surface area (Å²) in [6.45, 7) is 1.81. The second-order valence-corrected chi connectivity index (χ2v) is 6.91. The number of halogens is 1. The number of methoxy groups -OCH3 is 1. The van der Waals surface area contributed by atoms with Gasteiger partial charge in [0.25, 0.3) is 5.91 Å². The molecule has 2 N–H and O–H groups in total. The third kappa shape index (κ3) is 5.08. The van der Waals surface area contributed by atoms with Crippen molar-refractivity contribution in [1.29, 1.82) is 0 Å². The molecule has 0 radical (unpaired) electrons. The average Bonchev–Trinajstić information content (AvgIpc) is 3.19. The van der Waals surface area contributed by atoms with E-state index < -0.39 is 17.9 Å². The maximum Gasteiger partial charge on any atom is 0.328 e. The van der Waals surface area contributed by atoms with E-state index >= 15 is 0 Å². The Hall–Kier alpha value is -2.38. The van der Waals surface area contributed by atoms with E-state index in [9.17, 15) is 9.59 Å². The normalized spacial score (nSPS) is 15.9. The third-order valence-corrected chi connectivity index (χ3v) is 4.84. The summed E-state index contributed by atoms with van der Waals surface area (Å²) in [4.78, 5) is 28.9. The quantitative estimate of drug-likeness (QED) is 0.734. The molecule has 1 aromatic heterocycles. The average molecular weight is 392 g/mol. The smallest absolute Gasteiger partial charge is 0.328 e. The molecule has 0 saturated carbocycles. The number of hydrogen-bond donors (Lipinski definition) is 2. The Balaban J connectivity index is 1.67. The first kappa shape index (κ1) is 19.4. The number of ether oxygens (including phenoxy) is 1. The van der Waals surface area contributed by atoms with Gasteiger partial charge in [-0.05, 0) is 43.6 Å². The minimum absolute atomic E-state index is 0.161. The number of carbonyl (C=O) groups excluding carboxylic acids is 2. The Morgan fingerprint density at radius 1 is 1.33 bits per heavy atom. The van der Waals surface area contributed by atoms with Crippen molar-refractivity contribution in [2.24, 2.45) is 0 Å². The fraction of sp³-hybridized carbons (Fsp3) is 0.421. The van der Waals surface area contributed by atoms with Crippen molar-refractivity contribution in [2.75, 3.05) is 20.2 Å². The van der Waals surface area contributed by atoms with Crippen molar-refractivity contribution in [3.8, 4) is 0 Å². The summed E-state index contributed by atoms with van der Waals surface area (Å²) in [5.74, 6) is -0.226. The second kappa shape index (κ2) is 9.01. The lowest BCUT2D eigenvalue weighted by Gasteiger charge is -2.19. The van der Waals surface area contributed by atoms with Crippen molar-refractivity contribution in [3.63, 3.8) is 0 Å². The van der Waals surface area contributed by atoms with Crippen LogP contribution < -0.4 is 10.6 Å². The zero-order chi connectivity index (χ0) is 19.2. The summed E-state index contributed by atoms with van der Waals surface area (Å²) in [6.07, 6.45) is 3.46. The van der Waals surface area contributed by atoms with E-state index in [2.05, 4.69) is 15.6 Å². The molecule has 1 aliphatic rings. The third-order valence-electron chi connectivity index (χ3n) is 4.59. The van der Waals surface area contributed by atoms with Crippen LogP contribution in [0.15, 0.2) is 34.9 Å². The van der Waals surface area contributed by atoms with Crippen LogP contribution in [0.25, 0.3) is 0 Å². The van der Waals surface area contributed by atoms with Gasteiger partial charge in [-0.15, -0.1) is 0 Å². The van der Waals surface area contributed by atoms with E-state index in [-0.39, 0.29) is 18.0 Å². The zero-order valence-corrected chi connectivity index (χ0v) is 15.8. The highest BCUT2D eigenvalue weighted by molar-refractivity contribution is 6.30. The first-order valence-electron chi connectivity index (χ1n) is 8.86. The molecule has 0 spiro atoms. The van der Waals surface area contributed by atoms with Gasteiger partial charge in [0.15, 0.2) is 11.6 Å². The van der Waals surface area contributed by atoms with Crippen LogP contribution in [-0.2, 0) is 16.0 Å². The molecular weight excluding hydrogens is 370 g/mol. The van der Waals surface area contributed by atoms with Crippen molar-refractivity contribution < 1.29 is 18.7 Å². The maximum atomic E-state index is 12.5. The number of hydrogen-bond acceptors (Lipinski definition) is 6. The predicted molar refractivity (Wildman–Crippen MR) is 99.8 cm³/mol. The largest absolute Gasteiger partial charge is 0.467 e. The van der Waals surface area contributed by atoms with Gasteiger partial charge in [-0.25, -0.2) is 9.78 Å². The molecule has 8 heteroatoms. The molecule has 0 aliphatic carbocycles. The Morgan fingerprint density at radius 2 is 2.04 bits per heavy atom. The van der Waals surface area contributed by atoms with E-state index in [4.69, 9.17) is 20.8 Å². The standard InChI is InChI=1S/C19H22ClN3O4/c1-26-19(25)15(10-12-2-4-14(20)5-3-12)22-17(24)16-11-27-18(23-16)13-6-8-21-9-7-13/h2-5,11,13,15,21H,6-10H2,1H3,(H,22,24). The zero-order valence-electron chi connectivity index (χ0n) is 15.0. The molecule has 1 aliphatic heterocycles. The molecule has 1 saturated heterocycles. The van der Waals surface area contributed by atoms with Gasteiger partial charge in [0.2, 0.25) is 0 Å². The first-order valence-corrected chi connectivity index (χ1v) is 9.24. The number of aromatic nitrogens is 1. The first-order chi connectivity index (χ1) is 13.1. The van der Waals surface area contributed by atoms with Crippen LogP contribution in [0, 0.1) is 0 Å².